The van der Waals surface area contributed by atoms with E-state index in [9.17, 15) is 13.2 Å². The molecular formula is C28H37N3O5S. The topological polar surface area (TPSA) is 97.8 Å². The summed E-state index contributed by atoms with van der Waals surface area (Å²) in [7, 11) is -4.14. The minimum absolute atomic E-state index is 0.164. The van der Waals surface area contributed by atoms with Gasteiger partial charge in [0.25, 0.3) is 15.9 Å². The lowest BCUT2D eigenvalue weighted by molar-refractivity contribution is -0.128. The highest BCUT2D eigenvalue weighted by Gasteiger charge is 2.54. The van der Waals surface area contributed by atoms with Crippen LogP contribution in [0, 0.1) is 12.8 Å². The summed E-state index contributed by atoms with van der Waals surface area (Å²) in [5, 5.41) is -0.164. The second kappa shape index (κ2) is 10.9. The van der Waals surface area contributed by atoms with Gasteiger partial charge in [0.15, 0.2) is 22.1 Å². The Labute approximate surface area is 219 Å². The van der Waals surface area contributed by atoms with Crippen LogP contribution in [-0.4, -0.2) is 44.6 Å². The SMILES string of the molecule is Cc1ccc(OCCC2CCCCC2)c(OC2(C(=O)NS(=O)(=O)c3cccc(N4CCCC4)n3)CC2)c1. The number of ether oxygens (including phenoxy) is 2. The van der Waals surface area contributed by atoms with E-state index in [4.69, 9.17) is 9.47 Å². The van der Waals surface area contributed by atoms with Crippen molar-refractivity contribution in [3.63, 3.8) is 0 Å². The number of pyridine rings is 1. The van der Waals surface area contributed by atoms with Crippen LogP contribution in [-0.2, 0) is 14.8 Å². The number of hydrogen-bond acceptors (Lipinski definition) is 7. The van der Waals surface area contributed by atoms with E-state index < -0.39 is 21.5 Å². The van der Waals surface area contributed by atoms with Crippen LogP contribution in [0.2, 0.25) is 0 Å². The van der Waals surface area contributed by atoms with Crippen LogP contribution in [0.4, 0.5) is 5.82 Å². The number of nitrogens with zero attached hydrogens (tertiary/aromatic N) is 2. The largest absolute Gasteiger partial charge is 0.490 e. The van der Waals surface area contributed by atoms with Crippen molar-refractivity contribution in [2.75, 3.05) is 24.6 Å². The van der Waals surface area contributed by atoms with Crippen LogP contribution in [0.1, 0.15) is 69.8 Å². The molecular weight excluding hydrogens is 490 g/mol. The van der Waals surface area contributed by atoms with Gasteiger partial charge in [0.05, 0.1) is 6.61 Å². The predicted molar refractivity (Wildman–Crippen MR) is 141 cm³/mol. The van der Waals surface area contributed by atoms with Crippen LogP contribution in [0.5, 0.6) is 11.5 Å². The van der Waals surface area contributed by atoms with Gasteiger partial charge in [-0.2, -0.15) is 8.42 Å². The van der Waals surface area contributed by atoms with Crippen LogP contribution in [0.3, 0.4) is 0 Å². The molecule has 5 rings (SSSR count). The number of sulfonamides is 1. The van der Waals surface area contributed by atoms with E-state index in [1.165, 1.54) is 38.2 Å². The maximum Gasteiger partial charge on any atom is 0.281 e. The Morgan fingerprint density at radius 2 is 1.81 bits per heavy atom. The molecule has 3 aliphatic rings. The van der Waals surface area contributed by atoms with E-state index in [1.54, 1.807) is 12.1 Å². The molecule has 0 radical (unpaired) electrons. The molecule has 0 spiro atoms. The Morgan fingerprint density at radius 3 is 2.54 bits per heavy atom. The smallest absolute Gasteiger partial charge is 0.281 e. The fourth-order valence-electron chi connectivity index (χ4n) is 5.27. The lowest BCUT2D eigenvalue weighted by atomic mass is 9.87. The highest BCUT2D eigenvalue weighted by atomic mass is 32.2. The van der Waals surface area contributed by atoms with Gasteiger partial charge in [-0.25, -0.2) is 9.71 Å². The summed E-state index contributed by atoms with van der Waals surface area (Å²) in [6.45, 7) is 4.24. The average molecular weight is 528 g/mol. The quantitative estimate of drug-likeness (QED) is 0.476. The van der Waals surface area contributed by atoms with Gasteiger partial charge >= 0.3 is 0 Å². The van der Waals surface area contributed by atoms with E-state index in [0.717, 1.165) is 37.9 Å². The van der Waals surface area contributed by atoms with Crippen molar-refractivity contribution >= 4 is 21.7 Å². The van der Waals surface area contributed by atoms with Gasteiger partial charge in [-0.1, -0.05) is 44.2 Å². The third-order valence-corrected chi connectivity index (χ3v) is 8.90. The van der Waals surface area contributed by atoms with Gasteiger partial charge in [0, 0.05) is 25.9 Å². The first kappa shape index (κ1) is 25.8. The van der Waals surface area contributed by atoms with Gasteiger partial charge in [0.1, 0.15) is 5.82 Å². The van der Waals surface area contributed by atoms with Gasteiger partial charge in [-0.15, -0.1) is 0 Å². The molecule has 0 unspecified atom stereocenters. The number of carbonyl (C=O) groups excluding carboxylic acids is 1. The molecule has 2 aromatic rings. The number of aromatic nitrogens is 1. The summed E-state index contributed by atoms with van der Waals surface area (Å²) in [4.78, 5) is 19.6. The van der Waals surface area contributed by atoms with E-state index in [1.807, 2.05) is 25.1 Å². The molecule has 2 saturated carbocycles. The lowest BCUT2D eigenvalue weighted by Crippen LogP contribution is -2.43. The number of aryl methyl sites for hydroxylation is 1. The number of carbonyl (C=O) groups is 1. The first-order valence-electron chi connectivity index (χ1n) is 13.6. The molecule has 9 heteroatoms. The standard InChI is InChI=1S/C28H37N3O5S/c1-21-12-13-23(35-19-14-22-8-3-2-4-9-22)24(20-21)36-28(15-16-28)27(32)30-37(33,34)26-11-7-10-25(29-26)31-17-5-6-18-31/h7,10-13,20,22H,2-6,8-9,14-19H2,1H3,(H,30,32). The number of amides is 1. The van der Waals surface area contributed by atoms with Gasteiger partial charge in [-0.05, 0) is 61.9 Å². The summed E-state index contributed by atoms with van der Waals surface area (Å²) < 4.78 is 40.6. The fraction of sp³-hybridized carbons (Fsp3) is 0.571. The summed E-state index contributed by atoms with van der Waals surface area (Å²) in [6, 6.07) is 10.5. The Morgan fingerprint density at radius 1 is 1.05 bits per heavy atom. The number of benzene rings is 1. The zero-order chi connectivity index (χ0) is 25.9. The van der Waals surface area contributed by atoms with Crippen molar-refractivity contribution in [1.82, 2.24) is 9.71 Å². The van der Waals surface area contributed by atoms with Gasteiger partial charge < -0.3 is 14.4 Å². The second-order valence-corrected chi connectivity index (χ2v) is 12.3. The van der Waals surface area contributed by atoms with Crippen molar-refractivity contribution in [3.8, 4) is 11.5 Å². The van der Waals surface area contributed by atoms with Crippen molar-refractivity contribution < 1.29 is 22.7 Å². The molecule has 8 nitrogen and oxygen atoms in total. The number of rotatable bonds is 10. The Balaban J connectivity index is 1.25. The third-order valence-electron chi connectivity index (χ3n) is 7.67. The van der Waals surface area contributed by atoms with Crippen LogP contribution in [0.15, 0.2) is 41.4 Å². The average Bonchev–Trinajstić information content (AvgIpc) is 3.47. The second-order valence-electron chi connectivity index (χ2n) is 10.7. The highest BCUT2D eigenvalue weighted by Crippen LogP contribution is 2.44. The van der Waals surface area contributed by atoms with Gasteiger partial charge in [-0.3, -0.25) is 4.79 Å². The molecule has 1 aliphatic heterocycles. The Hall–Kier alpha value is -2.81. The monoisotopic (exact) mass is 527 g/mol. The number of hydrogen-bond donors (Lipinski definition) is 1. The van der Waals surface area contributed by atoms with Crippen LogP contribution < -0.4 is 19.1 Å². The molecule has 2 aliphatic carbocycles. The fourth-order valence-corrected chi connectivity index (χ4v) is 6.27. The molecule has 1 amide bonds. The number of nitrogens with one attached hydrogen (secondary N) is 1. The van der Waals surface area contributed by atoms with Crippen molar-refractivity contribution in [3.05, 3.63) is 42.0 Å². The first-order valence-corrected chi connectivity index (χ1v) is 15.0. The predicted octanol–water partition coefficient (Wildman–Crippen LogP) is 4.76. The zero-order valence-electron chi connectivity index (χ0n) is 21.6. The summed E-state index contributed by atoms with van der Waals surface area (Å²) in [6.07, 6.45) is 10.4. The van der Waals surface area contributed by atoms with E-state index >= 15 is 0 Å². The highest BCUT2D eigenvalue weighted by molar-refractivity contribution is 7.90. The first-order chi connectivity index (χ1) is 17.8. The van der Waals surface area contributed by atoms with Crippen molar-refractivity contribution in [2.24, 2.45) is 5.92 Å². The maximum atomic E-state index is 13.2. The van der Waals surface area contributed by atoms with Gasteiger partial charge in [0.2, 0.25) is 0 Å². The van der Waals surface area contributed by atoms with Crippen LogP contribution >= 0.6 is 0 Å². The molecule has 200 valence electrons. The molecule has 1 N–H and O–H groups in total. The molecule has 0 bridgehead atoms. The minimum atomic E-state index is -4.14. The molecule has 1 aromatic heterocycles. The molecule has 3 fully saturated rings. The van der Waals surface area contributed by atoms with Crippen LogP contribution in [0.25, 0.3) is 0 Å². The third kappa shape index (κ3) is 6.20. The summed E-state index contributed by atoms with van der Waals surface area (Å²) >= 11 is 0. The Kier molecular flexibility index (Phi) is 7.60. The molecule has 1 saturated heterocycles. The maximum absolute atomic E-state index is 13.2. The normalized spacial score (nSPS) is 19.4. The number of anilines is 1. The minimum Gasteiger partial charge on any atom is -0.490 e. The zero-order valence-corrected chi connectivity index (χ0v) is 22.4. The van der Waals surface area contributed by atoms with E-state index in [-0.39, 0.29) is 5.03 Å². The molecule has 1 aromatic carbocycles. The molecule has 0 atom stereocenters. The Bertz CT molecular complexity index is 1220. The van der Waals surface area contributed by atoms with Crippen molar-refractivity contribution in [2.45, 2.75) is 81.8 Å². The lowest BCUT2D eigenvalue weighted by Gasteiger charge is -2.23. The van der Waals surface area contributed by atoms with Crippen molar-refractivity contribution in [1.29, 1.82) is 0 Å². The molecule has 37 heavy (non-hydrogen) atoms. The van der Waals surface area contributed by atoms with E-state index in [0.29, 0.717) is 42.7 Å². The van der Waals surface area contributed by atoms with E-state index in [2.05, 4.69) is 14.6 Å². The summed E-state index contributed by atoms with van der Waals surface area (Å²) in [5.41, 5.74) is -0.254. The summed E-state index contributed by atoms with van der Waals surface area (Å²) in [5.74, 6) is 1.70. The molecule has 2 heterocycles.